The Balaban J connectivity index is 3.12. The molecule has 0 fully saturated rings. The lowest BCUT2D eigenvalue weighted by atomic mass is 10.1. The van der Waals surface area contributed by atoms with Crippen molar-refractivity contribution in [3.8, 4) is 0 Å². The maximum Gasteiger partial charge on any atom is 0.418 e. The molecule has 1 atom stereocenters. The molecule has 6 heteroatoms. The molecule has 14 heavy (non-hydrogen) atoms. The van der Waals surface area contributed by atoms with E-state index >= 15 is 0 Å². The fourth-order valence-corrected chi connectivity index (χ4v) is 1.54. The summed E-state index contributed by atoms with van der Waals surface area (Å²) in [5, 5.41) is 9.09. The van der Waals surface area contributed by atoms with Crippen molar-refractivity contribution in [3.05, 3.63) is 33.3 Å². The fourth-order valence-electron chi connectivity index (χ4n) is 0.900. The standard InChI is InChI=1S/C8H5BrClF3O/c9-6-2-1-4(10)3-5(6)7(14)8(11,12)13/h1-3,7,14H/t7-/m1/s1. The lowest BCUT2D eigenvalue weighted by molar-refractivity contribution is -0.207. The number of alkyl halides is 3. The van der Waals surface area contributed by atoms with Crippen molar-refractivity contribution >= 4 is 27.5 Å². The molecule has 78 valence electrons. The fraction of sp³-hybridized carbons (Fsp3) is 0.250. The summed E-state index contributed by atoms with van der Waals surface area (Å²) >= 11 is 8.42. The van der Waals surface area contributed by atoms with Crippen LogP contribution in [0.4, 0.5) is 13.2 Å². The van der Waals surface area contributed by atoms with Crippen LogP contribution in [0.25, 0.3) is 0 Å². The van der Waals surface area contributed by atoms with E-state index < -0.39 is 12.3 Å². The maximum absolute atomic E-state index is 12.1. The number of halogens is 5. The van der Waals surface area contributed by atoms with Crippen molar-refractivity contribution < 1.29 is 18.3 Å². The molecule has 0 radical (unpaired) electrons. The molecule has 0 aliphatic heterocycles. The van der Waals surface area contributed by atoms with Crippen LogP contribution < -0.4 is 0 Å². The largest absolute Gasteiger partial charge is 0.418 e. The summed E-state index contributed by atoms with van der Waals surface area (Å²) in [6.45, 7) is 0. The van der Waals surface area contributed by atoms with Crippen LogP contribution in [0.15, 0.2) is 22.7 Å². The molecule has 0 aromatic heterocycles. The molecule has 0 unspecified atom stereocenters. The number of hydrogen-bond acceptors (Lipinski definition) is 1. The van der Waals surface area contributed by atoms with Gasteiger partial charge in [0, 0.05) is 15.1 Å². The smallest absolute Gasteiger partial charge is 0.379 e. The average Bonchev–Trinajstić information content (AvgIpc) is 2.06. The van der Waals surface area contributed by atoms with Crippen molar-refractivity contribution in [3.63, 3.8) is 0 Å². The minimum atomic E-state index is -4.69. The summed E-state index contributed by atoms with van der Waals surface area (Å²) in [5.41, 5.74) is -0.287. The Labute approximate surface area is 91.6 Å². The molecule has 0 aliphatic carbocycles. The molecule has 1 aromatic rings. The van der Waals surface area contributed by atoms with Gasteiger partial charge in [-0.15, -0.1) is 0 Å². The quantitative estimate of drug-likeness (QED) is 0.836. The van der Waals surface area contributed by atoms with Crippen LogP contribution >= 0.6 is 27.5 Å². The molecular formula is C8H5BrClF3O. The first-order chi connectivity index (χ1) is 6.32. The molecule has 1 rings (SSSR count). The summed E-state index contributed by atoms with van der Waals surface area (Å²) in [5.74, 6) is 0. The van der Waals surface area contributed by atoms with Gasteiger partial charge in [0.05, 0.1) is 0 Å². The third kappa shape index (κ3) is 2.62. The highest BCUT2D eigenvalue weighted by atomic mass is 79.9. The van der Waals surface area contributed by atoms with Gasteiger partial charge in [-0.25, -0.2) is 0 Å². The zero-order chi connectivity index (χ0) is 10.9. The molecule has 1 N–H and O–H groups in total. The first-order valence-electron chi connectivity index (χ1n) is 3.52. The second-order valence-corrected chi connectivity index (χ2v) is 3.90. The Bertz CT molecular complexity index is 340. The van der Waals surface area contributed by atoms with Gasteiger partial charge in [-0.05, 0) is 18.2 Å². The topological polar surface area (TPSA) is 20.2 Å². The van der Waals surface area contributed by atoms with Gasteiger partial charge in [0.15, 0.2) is 6.10 Å². The molecule has 0 spiro atoms. The summed E-state index contributed by atoms with van der Waals surface area (Å²) in [6.07, 6.45) is -7.21. The van der Waals surface area contributed by atoms with Crippen LogP contribution in [0.3, 0.4) is 0 Å². The molecule has 0 heterocycles. The van der Waals surface area contributed by atoms with Crippen molar-refractivity contribution in [2.24, 2.45) is 0 Å². The molecule has 1 nitrogen and oxygen atoms in total. The van der Waals surface area contributed by atoms with Crippen LogP contribution in [-0.2, 0) is 0 Å². The first kappa shape index (κ1) is 11.8. The molecular weight excluding hydrogens is 284 g/mol. The summed E-state index contributed by atoms with van der Waals surface area (Å²) in [7, 11) is 0. The molecule has 0 amide bonds. The number of aliphatic hydroxyl groups excluding tert-OH is 1. The highest BCUT2D eigenvalue weighted by Crippen LogP contribution is 2.36. The predicted octanol–water partition coefficient (Wildman–Crippen LogP) is 3.70. The molecule has 0 bridgehead atoms. The highest BCUT2D eigenvalue weighted by molar-refractivity contribution is 9.10. The van der Waals surface area contributed by atoms with Crippen molar-refractivity contribution in [2.75, 3.05) is 0 Å². The van der Waals surface area contributed by atoms with E-state index in [0.717, 1.165) is 6.07 Å². The Morgan fingerprint density at radius 2 is 1.93 bits per heavy atom. The third-order valence-corrected chi connectivity index (χ3v) is 2.52. The van der Waals surface area contributed by atoms with Crippen LogP contribution in [0.2, 0.25) is 5.02 Å². The lowest BCUT2D eigenvalue weighted by Gasteiger charge is -2.16. The summed E-state index contributed by atoms with van der Waals surface area (Å²) in [4.78, 5) is 0. The van der Waals surface area contributed by atoms with E-state index in [1.54, 1.807) is 0 Å². The van der Waals surface area contributed by atoms with Crippen molar-refractivity contribution in [2.45, 2.75) is 12.3 Å². The normalized spacial score (nSPS) is 14.1. The third-order valence-electron chi connectivity index (χ3n) is 1.56. The maximum atomic E-state index is 12.1. The van der Waals surface area contributed by atoms with E-state index in [1.807, 2.05) is 0 Å². The summed E-state index contributed by atoms with van der Waals surface area (Å²) in [6, 6.07) is 3.86. The van der Waals surface area contributed by atoms with Gasteiger partial charge >= 0.3 is 6.18 Å². The van der Waals surface area contributed by atoms with Gasteiger partial charge in [-0.3, -0.25) is 0 Å². The monoisotopic (exact) mass is 288 g/mol. The zero-order valence-corrected chi connectivity index (χ0v) is 8.99. The Morgan fingerprint density at radius 1 is 1.36 bits per heavy atom. The zero-order valence-electron chi connectivity index (χ0n) is 6.65. The molecule has 0 saturated heterocycles. The van der Waals surface area contributed by atoms with E-state index in [9.17, 15) is 13.2 Å². The van der Waals surface area contributed by atoms with E-state index in [-0.39, 0.29) is 15.1 Å². The van der Waals surface area contributed by atoms with Crippen molar-refractivity contribution in [1.29, 1.82) is 0 Å². The Kier molecular flexibility index (Phi) is 3.44. The minimum Gasteiger partial charge on any atom is -0.379 e. The van der Waals surface area contributed by atoms with E-state index in [2.05, 4.69) is 15.9 Å². The van der Waals surface area contributed by atoms with Crippen LogP contribution in [-0.4, -0.2) is 11.3 Å². The molecule has 1 aromatic carbocycles. The van der Waals surface area contributed by atoms with E-state index in [0.29, 0.717) is 0 Å². The van der Waals surface area contributed by atoms with Gasteiger partial charge in [0.25, 0.3) is 0 Å². The van der Waals surface area contributed by atoms with Gasteiger partial charge < -0.3 is 5.11 Å². The van der Waals surface area contributed by atoms with E-state index in [4.69, 9.17) is 16.7 Å². The lowest BCUT2D eigenvalue weighted by Crippen LogP contribution is -2.20. The van der Waals surface area contributed by atoms with E-state index in [1.165, 1.54) is 12.1 Å². The Hall–Kier alpha value is -0.260. The number of benzene rings is 1. The molecule has 0 aliphatic rings. The number of aliphatic hydroxyl groups is 1. The predicted molar refractivity (Wildman–Crippen MR) is 50.2 cm³/mol. The SMILES string of the molecule is O[C@H](c1cc(Cl)ccc1Br)C(F)(F)F. The highest BCUT2D eigenvalue weighted by Gasteiger charge is 2.40. The second kappa shape index (κ2) is 4.08. The van der Waals surface area contributed by atoms with Crippen LogP contribution in [0.1, 0.15) is 11.7 Å². The number of hydrogen-bond donors (Lipinski definition) is 1. The Morgan fingerprint density at radius 3 is 2.43 bits per heavy atom. The van der Waals surface area contributed by atoms with Gasteiger partial charge in [-0.1, -0.05) is 27.5 Å². The van der Waals surface area contributed by atoms with Crippen LogP contribution in [0.5, 0.6) is 0 Å². The number of rotatable bonds is 1. The summed E-state index contributed by atoms with van der Waals surface area (Å²) < 4.78 is 36.6. The average molecular weight is 289 g/mol. The van der Waals surface area contributed by atoms with Crippen LogP contribution in [0, 0.1) is 0 Å². The second-order valence-electron chi connectivity index (χ2n) is 2.61. The van der Waals surface area contributed by atoms with Gasteiger partial charge in [0.1, 0.15) is 0 Å². The molecule has 0 saturated carbocycles. The van der Waals surface area contributed by atoms with Gasteiger partial charge in [0.2, 0.25) is 0 Å². The van der Waals surface area contributed by atoms with Gasteiger partial charge in [-0.2, -0.15) is 13.2 Å². The van der Waals surface area contributed by atoms with Crippen molar-refractivity contribution in [1.82, 2.24) is 0 Å². The first-order valence-corrected chi connectivity index (χ1v) is 4.69. The minimum absolute atomic E-state index is 0.145.